The minimum Gasteiger partial charge on any atom is -0.452 e. The molecule has 0 unspecified atom stereocenters. The molecule has 0 saturated heterocycles. The van der Waals surface area contributed by atoms with E-state index in [1.807, 2.05) is 19.9 Å². The Bertz CT molecular complexity index is 834. The fourth-order valence-corrected chi connectivity index (χ4v) is 7.76. The van der Waals surface area contributed by atoms with Gasteiger partial charge in [0.15, 0.2) is 5.76 Å². The molecule has 0 radical (unpaired) electrons. The third-order valence-corrected chi connectivity index (χ3v) is 8.99. The Labute approximate surface area is 167 Å². The Balaban J connectivity index is 1.55. The molecule has 28 heavy (non-hydrogen) atoms. The molecule has 0 amide bonds. The number of fused-ring (bicyclic) bond motifs is 6. The Morgan fingerprint density at radius 2 is 1.79 bits per heavy atom. The van der Waals surface area contributed by atoms with Crippen LogP contribution >= 0.6 is 0 Å². The Morgan fingerprint density at radius 3 is 2.50 bits per heavy atom. The quantitative estimate of drug-likeness (QED) is 0.643. The lowest BCUT2D eigenvalue weighted by molar-refractivity contribution is -0.143. The van der Waals surface area contributed by atoms with Crippen molar-refractivity contribution < 1.29 is 19.1 Å². The van der Waals surface area contributed by atoms with Gasteiger partial charge in [0.2, 0.25) is 17.3 Å². The van der Waals surface area contributed by atoms with Crippen molar-refractivity contribution >= 4 is 11.6 Å². The first-order valence-electron chi connectivity index (χ1n) is 11.0. The van der Waals surface area contributed by atoms with Crippen LogP contribution in [0, 0.1) is 34.5 Å². The smallest absolute Gasteiger partial charge is 0.245 e. The van der Waals surface area contributed by atoms with Gasteiger partial charge in [-0.2, -0.15) is 0 Å². The number of carbonyl (C=O) groups is 2. The van der Waals surface area contributed by atoms with Crippen LogP contribution in [0.25, 0.3) is 0 Å². The minimum absolute atomic E-state index is 0.0374. The van der Waals surface area contributed by atoms with Crippen LogP contribution in [0.2, 0.25) is 0 Å². The van der Waals surface area contributed by atoms with E-state index in [4.69, 9.17) is 9.47 Å². The zero-order chi connectivity index (χ0) is 20.1. The predicted molar refractivity (Wildman–Crippen MR) is 105 cm³/mol. The molecule has 152 valence electrons. The Hall–Kier alpha value is -1.58. The van der Waals surface area contributed by atoms with Gasteiger partial charge in [-0.1, -0.05) is 12.5 Å². The highest BCUT2D eigenvalue weighted by atomic mass is 16.7. The summed E-state index contributed by atoms with van der Waals surface area (Å²) in [4.78, 5) is 25.0. The van der Waals surface area contributed by atoms with Crippen molar-refractivity contribution in [2.75, 3.05) is 0 Å². The van der Waals surface area contributed by atoms with Crippen molar-refractivity contribution in [2.24, 2.45) is 34.5 Å². The molecule has 0 aromatic heterocycles. The predicted octanol–water partition coefficient (Wildman–Crippen LogP) is 4.94. The molecular weight excluding hydrogens is 352 g/mol. The first-order chi connectivity index (χ1) is 13.1. The van der Waals surface area contributed by atoms with E-state index in [9.17, 15) is 9.59 Å². The van der Waals surface area contributed by atoms with E-state index >= 15 is 0 Å². The molecule has 0 bridgehead atoms. The topological polar surface area (TPSA) is 52.6 Å². The van der Waals surface area contributed by atoms with Gasteiger partial charge in [-0.15, -0.1) is 0 Å². The van der Waals surface area contributed by atoms with E-state index in [-0.39, 0.29) is 22.5 Å². The van der Waals surface area contributed by atoms with Crippen molar-refractivity contribution in [3.63, 3.8) is 0 Å². The molecule has 1 heterocycles. The lowest BCUT2D eigenvalue weighted by Gasteiger charge is -2.57. The van der Waals surface area contributed by atoms with Crippen molar-refractivity contribution in [2.45, 2.75) is 78.9 Å². The summed E-state index contributed by atoms with van der Waals surface area (Å²) in [5.74, 6) is 2.60. The number of allylic oxidation sites excluding steroid dienone is 2. The molecule has 5 aliphatic rings. The molecule has 0 spiro atoms. The lowest BCUT2D eigenvalue weighted by Crippen LogP contribution is -2.51. The van der Waals surface area contributed by atoms with Gasteiger partial charge in [0.1, 0.15) is 5.78 Å². The first-order valence-corrected chi connectivity index (χ1v) is 11.0. The molecule has 0 aromatic rings. The third kappa shape index (κ3) is 2.18. The van der Waals surface area contributed by atoms with Gasteiger partial charge in [0.25, 0.3) is 0 Å². The monoisotopic (exact) mass is 384 g/mol. The fourth-order valence-electron chi connectivity index (χ4n) is 7.76. The molecule has 4 aliphatic carbocycles. The summed E-state index contributed by atoms with van der Waals surface area (Å²) in [6, 6.07) is 0. The van der Waals surface area contributed by atoms with Gasteiger partial charge in [0.05, 0.1) is 5.41 Å². The van der Waals surface area contributed by atoms with Crippen LogP contribution in [0.3, 0.4) is 0 Å². The summed E-state index contributed by atoms with van der Waals surface area (Å²) in [5.41, 5.74) is 1.11. The molecule has 4 nitrogen and oxygen atoms in total. The van der Waals surface area contributed by atoms with Crippen molar-refractivity contribution in [3.8, 4) is 0 Å². The maximum Gasteiger partial charge on any atom is 0.245 e. The Kier molecular flexibility index (Phi) is 3.63. The largest absolute Gasteiger partial charge is 0.452 e. The average molecular weight is 385 g/mol. The van der Waals surface area contributed by atoms with E-state index in [2.05, 4.69) is 13.8 Å². The second-order valence-corrected chi connectivity index (χ2v) is 10.7. The second-order valence-electron chi connectivity index (χ2n) is 10.7. The van der Waals surface area contributed by atoms with Gasteiger partial charge in [-0.25, -0.2) is 0 Å². The van der Waals surface area contributed by atoms with Crippen molar-refractivity contribution in [1.29, 1.82) is 0 Å². The molecule has 0 N–H and O–H groups in total. The van der Waals surface area contributed by atoms with Crippen LogP contribution in [0.4, 0.5) is 0 Å². The molecule has 3 fully saturated rings. The van der Waals surface area contributed by atoms with Gasteiger partial charge in [-0.3, -0.25) is 9.59 Å². The van der Waals surface area contributed by atoms with Gasteiger partial charge >= 0.3 is 0 Å². The number of carbonyl (C=O) groups excluding carboxylic acids is 2. The summed E-state index contributed by atoms with van der Waals surface area (Å²) in [6.07, 6.45) is 8.28. The molecule has 6 atom stereocenters. The van der Waals surface area contributed by atoms with Crippen molar-refractivity contribution in [1.82, 2.24) is 0 Å². The second kappa shape index (κ2) is 5.52. The summed E-state index contributed by atoms with van der Waals surface area (Å²) < 4.78 is 12.2. The summed E-state index contributed by atoms with van der Waals surface area (Å²) in [6.45, 7) is 10.2. The molecule has 1 aliphatic heterocycles. The SMILES string of the molecule is CC(=O)[C@@H]1CC[C@H]2[C@@H]3CCC4=CC(=O)C5=C(OC(C)(C)O5)[C@]4(C)[C@H]3CC[C@]12C. The maximum atomic E-state index is 12.7. The number of hydrogen-bond donors (Lipinski definition) is 0. The molecule has 5 rings (SSSR count). The van der Waals surface area contributed by atoms with E-state index < -0.39 is 5.79 Å². The maximum absolute atomic E-state index is 12.7. The highest BCUT2D eigenvalue weighted by molar-refractivity contribution is 6.05. The number of Topliss-reactive ketones (excluding diaryl/α,β-unsaturated/α-hetero) is 1. The van der Waals surface area contributed by atoms with E-state index in [1.165, 1.54) is 5.57 Å². The van der Waals surface area contributed by atoms with Crippen LogP contribution in [-0.4, -0.2) is 17.4 Å². The minimum atomic E-state index is -0.782. The molecule has 0 aromatic carbocycles. The standard InChI is InChI=1S/C24H32O4/c1-13(25)16-8-9-17-15-7-6-14-12-19(26)20-21(28-22(2,3)27-20)24(14,5)18(15)10-11-23(16,17)4/h12,15-18H,6-11H2,1-5H3/t15-,16-,17-,18-,23+,24-/m0/s1. The molecule has 4 heteroatoms. The summed E-state index contributed by atoms with van der Waals surface area (Å²) in [5, 5.41) is 0. The number of hydrogen-bond acceptors (Lipinski definition) is 4. The highest BCUT2D eigenvalue weighted by Gasteiger charge is 2.63. The van der Waals surface area contributed by atoms with Crippen LogP contribution in [-0.2, 0) is 19.1 Å². The van der Waals surface area contributed by atoms with Crippen LogP contribution in [0.1, 0.15) is 73.1 Å². The third-order valence-electron chi connectivity index (χ3n) is 8.99. The average Bonchev–Trinajstić information content (AvgIpc) is 3.13. The van der Waals surface area contributed by atoms with Crippen molar-refractivity contribution in [3.05, 3.63) is 23.2 Å². The highest BCUT2D eigenvalue weighted by Crippen LogP contribution is 2.68. The summed E-state index contributed by atoms with van der Waals surface area (Å²) in [7, 11) is 0. The fraction of sp³-hybridized carbons (Fsp3) is 0.750. The number of ether oxygens (including phenoxy) is 2. The Morgan fingerprint density at radius 1 is 1.04 bits per heavy atom. The number of ketones is 2. The normalized spacial score (nSPS) is 45.9. The zero-order valence-corrected chi connectivity index (χ0v) is 17.8. The van der Waals surface area contributed by atoms with Gasteiger partial charge in [0, 0.05) is 19.8 Å². The number of rotatable bonds is 1. The molecule has 3 saturated carbocycles. The van der Waals surface area contributed by atoms with E-state index in [1.54, 1.807) is 6.92 Å². The zero-order valence-electron chi connectivity index (χ0n) is 17.8. The van der Waals surface area contributed by atoms with Crippen LogP contribution < -0.4 is 0 Å². The molecular formula is C24H32O4. The summed E-state index contributed by atoms with van der Waals surface area (Å²) >= 11 is 0. The first kappa shape index (κ1) is 18.4. The van der Waals surface area contributed by atoms with E-state index in [0.717, 1.165) is 44.3 Å². The lowest BCUT2D eigenvalue weighted by atomic mass is 9.47. The van der Waals surface area contributed by atoms with Gasteiger partial charge < -0.3 is 9.47 Å². The van der Waals surface area contributed by atoms with E-state index in [0.29, 0.717) is 29.3 Å². The van der Waals surface area contributed by atoms with Crippen LogP contribution in [0.5, 0.6) is 0 Å². The van der Waals surface area contributed by atoms with Crippen LogP contribution in [0.15, 0.2) is 23.2 Å². The van der Waals surface area contributed by atoms with Gasteiger partial charge in [-0.05, 0) is 81.6 Å².